The Balaban J connectivity index is 2.36. The molecule has 0 radical (unpaired) electrons. The number of pyridine rings is 1. The van der Waals surface area contributed by atoms with Crippen LogP contribution in [0.4, 0.5) is 0 Å². The van der Waals surface area contributed by atoms with E-state index in [2.05, 4.69) is 4.98 Å². The van der Waals surface area contributed by atoms with Crippen molar-refractivity contribution >= 4 is 16.9 Å². The molecule has 2 N–H and O–H groups in total. The van der Waals surface area contributed by atoms with Crippen molar-refractivity contribution in [3.63, 3.8) is 0 Å². The lowest BCUT2D eigenvalue weighted by Gasteiger charge is -2.21. The maximum absolute atomic E-state index is 11.6. The van der Waals surface area contributed by atoms with E-state index >= 15 is 0 Å². The number of benzene rings is 1. The molecule has 0 aliphatic rings. The fourth-order valence-corrected chi connectivity index (χ4v) is 2.31. The highest BCUT2D eigenvalue weighted by atomic mass is 16.5. The fourth-order valence-electron chi connectivity index (χ4n) is 2.31. The van der Waals surface area contributed by atoms with Gasteiger partial charge in [-0.15, -0.1) is 0 Å². The minimum Gasteiger partial charge on any atom is -0.469 e. The third kappa shape index (κ3) is 3.14. The van der Waals surface area contributed by atoms with Crippen LogP contribution in [0.25, 0.3) is 10.9 Å². The number of ether oxygens (including phenoxy) is 1. The van der Waals surface area contributed by atoms with Gasteiger partial charge < -0.3 is 10.5 Å². The van der Waals surface area contributed by atoms with Gasteiger partial charge in [-0.1, -0.05) is 31.2 Å². The number of carbonyl (C=O) groups is 1. The highest BCUT2D eigenvalue weighted by Gasteiger charge is 2.23. The van der Waals surface area contributed by atoms with Gasteiger partial charge in [0.25, 0.3) is 0 Å². The molecule has 2 unspecified atom stereocenters. The summed E-state index contributed by atoms with van der Waals surface area (Å²) in [6, 6.07) is 11.8. The number of methoxy groups -OCH3 is 1. The van der Waals surface area contributed by atoms with Crippen molar-refractivity contribution in [2.75, 3.05) is 7.11 Å². The summed E-state index contributed by atoms with van der Waals surface area (Å²) in [5.74, 6) is -0.370. The summed E-state index contributed by atoms with van der Waals surface area (Å²) < 4.78 is 4.76. The summed E-state index contributed by atoms with van der Waals surface area (Å²) in [6.45, 7) is 2.01. The predicted molar refractivity (Wildman–Crippen MR) is 79.4 cm³/mol. The number of esters is 1. The van der Waals surface area contributed by atoms with Crippen LogP contribution in [0.15, 0.2) is 36.4 Å². The monoisotopic (exact) mass is 272 g/mol. The van der Waals surface area contributed by atoms with Crippen LogP contribution in [-0.2, 0) is 9.53 Å². The first kappa shape index (κ1) is 14.5. The van der Waals surface area contributed by atoms with Crippen molar-refractivity contribution in [1.29, 1.82) is 0 Å². The number of hydrogen-bond acceptors (Lipinski definition) is 4. The second-order valence-corrected chi connectivity index (χ2v) is 4.89. The molecule has 2 atom stereocenters. The largest absolute Gasteiger partial charge is 0.469 e. The molecule has 0 bridgehead atoms. The van der Waals surface area contributed by atoms with E-state index in [1.54, 1.807) is 0 Å². The van der Waals surface area contributed by atoms with Crippen molar-refractivity contribution in [2.45, 2.75) is 31.7 Å². The zero-order valence-corrected chi connectivity index (χ0v) is 11.9. The Bertz CT molecular complexity index is 598. The minimum absolute atomic E-state index is 0.109. The zero-order chi connectivity index (χ0) is 14.5. The Morgan fingerprint density at radius 2 is 2.05 bits per heavy atom. The van der Waals surface area contributed by atoms with Gasteiger partial charge in [0, 0.05) is 23.0 Å². The molecular weight excluding hydrogens is 252 g/mol. The molecular formula is C16H20N2O2. The van der Waals surface area contributed by atoms with Gasteiger partial charge in [0.1, 0.15) is 0 Å². The summed E-state index contributed by atoms with van der Waals surface area (Å²) in [4.78, 5) is 16.2. The standard InChI is InChI=1S/C16H20N2O2/c1-3-13(17)12(10-16(19)20-2)15-9-8-11-6-4-5-7-14(11)18-15/h4-9,12-13H,3,10,17H2,1-2H3. The van der Waals surface area contributed by atoms with Crippen molar-refractivity contribution in [2.24, 2.45) is 5.73 Å². The average molecular weight is 272 g/mol. The molecule has 4 heteroatoms. The molecule has 1 heterocycles. The van der Waals surface area contributed by atoms with Gasteiger partial charge in [0.15, 0.2) is 0 Å². The van der Waals surface area contributed by atoms with E-state index in [0.717, 1.165) is 23.0 Å². The van der Waals surface area contributed by atoms with Gasteiger partial charge >= 0.3 is 5.97 Å². The molecule has 4 nitrogen and oxygen atoms in total. The second kappa shape index (κ2) is 6.48. The van der Waals surface area contributed by atoms with E-state index in [1.807, 2.05) is 43.3 Å². The molecule has 0 amide bonds. The number of hydrogen-bond donors (Lipinski definition) is 1. The molecule has 0 fully saturated rings. The Kier molecular flexibility index (Phi) is 4.69. The van der Waals surface area contributed by atoms with Crippen LogP contribution in [0.5, 0.6) is 0 Å². The molecule has 0 aliphatic carbocycles. The zero-order valence-electron chi connectivity index (χ0n) is 11.9. The molecule has 1 aromatic carbocycles. The first-order chi connectivity index (χ1) is 9.65. The first-order valence-corrected chi connectivity index (χ1v) is 6.83. The maximum atomic E-state index is 11.6. The lowest BCUT2D eigenvalue weighted by Crippen LogP contribution is -2.30. The number of fused-ring (bicyclic) bond motifs is 1. The highest BCUT2D eigenvalue weighted by Crippen LogP contribution is 2.25. The Morgan fingerprint density at radius 1 is 1.30 bits per heavy atom. The average Bonchev–Trinajstić information content (AvgIpc) is 2.51. The van der Waals surface area contributed by atoms with Crippen LogP contribution in [0.3, 0.4) is 0 Å². The molecule has 106 valence electrons. The van der Waals surface area contributed by atoms with Crippen LogP contribution in [0, 0.1) is 0 Å². The number of aromatic nitrogens is 1. The van der Waals surface area contributed by atoms with Gasteiger partial charge in [-0.3, -0.25) is 9.78 Å². The second-order valence-electron chi connectivity index (χ2n) is 4.89. The SMILES string of the molecule is CCC(N)C(CC(=O)OC)c1ccc2ccccc2n1. The highest BCUT2D eigenvalue weighted by molar-refractivity contribution is 5.78. The number of nitrogens with zero attached hydrogens (tertiary/aromatic N) is 1. The third-order valence-electron chi connectivity index (χ3n) is 3.60. The van der Waals surface area contributed by atoms with E-state index in [9.17, 15) is 4.79 Å². The molecule has 0 spiro atoms. The van der Waals surface area contributed by atoms with Crippen LogP contribution in [0.2, 0.25) is 0 Å². The van der Waals surface area contributed by atoms with Gasteiger partial charge in [0.05, 0.1) is 19.0 Å². The molecule has 1 aromatic heterocycles. The van der Waals surface area contributed by atoms with Crippen LogP contribution >= 0.6 is 0 Å². The van der Waals surface area contributed by atoms with E-state index in [4.69, 9.17) is 10.5 Å². The molecule has 0 aliphatic heterocycles. The normalized spacial score (nSPS) is 13.9. The summed E-state index contributed by atoms with van der Waals surface area (Å²) in [6.07, 6.45) is 1.05. The predicted octanol–water partition coefficient (Wildman–Crippen LogP) is 2.62. The molecule has 0 saturated carbocycles. The van der Waals surface area contributed by atoms with Crippen molar-refractivity contribution in [1.82, 2.24) is 4.98 Å². The van der Waals surface area contributed by atoms with Crippen LogP contribution in [0.1, 0.15) is 31.4 Å². The van der Waals surface area contributed by atoms with Crippen molar-refractivity contribution in [3.8, 4) is 0 Å². The Labute approximate surface area is 119 Å². The van der Waals surface area contributed by atoms with E-state index in [-0.39, 0.29) is 24.3 Å². The fraction of sp³-hybridized carbons (Fsp3) is 0.375. The minimum atomic E-state index is -0.256. The molecule has 2 rings (SSSR count). The van der Waals surface area contributed by atoms with Gasteiger partial charge in [-0.2, -0.15) is 0 Å². The summed E-state index contributed by atoms with van der Waals surface area (Å²) in [5.41, 5.74) is 7.92. The number of carbonyl (C=O) groups excluding carboxylic acids is 1. The van der Waals surface area contributed by atoms with E-state index in [0.29, 0.717) is 0 Å². The topological polar surface area (TPSA) is 65.2 Å². The van der Waals surface area contributed by atoms with Crippen LogP contribution in [-0.4, -0.2) is 24.1 Å². The van der Waals surface area contributed by atoms with Gasteiger partial charge in [0.2, 0.25) is 0 Å². The third-order valence-corrected chi connectivity index (χ3v) is 3.60. The van der Waals surface area contributed by atoms with E-state index in [1.165, 1.54) is 7.11 Å². The molecule has 0 saturated heterocycles. The summed E-state index contributed by atoms with van der Waals surface area (Å²) in [5, 5.41) is 1.08. The maximum Gasteiger partial charge on any atom is 0.306 e. The molecule has 20 heavy (non-hydrogen) atoms. The number of rotatable bonds is 5. The molecule has 2 aromatic rings. The lowest BCUT2D eigenvalue weighted by atomic mass is 9.91. The number of para-hydroxylation sites is 1. The quantitative estimate of drug-likeness (QED) is 0.850. The van der Waals surface area contributed by atoms with Crippen molar-refractivity contribution < 1.29 is 9.53 Å². The summed E-state index contributed by atoms with van der Waals surface area (Å²) >= 11 is 0. The van der Waals surface area contributed by atoms with Gasteiger partial charge in [-0.25, -0.2) is 0 Å². The van der Waals surface area contributed by atoms with Crippen LogP contribution < -0.4 is 5.73 Å². The Morgan fingerprint density at radius 3 is 2.75 bits per heavy atom. The summed E-state index contributed by atoms with van der Waals surface area (Å²) in [7, 11) is 1.39. The Hall–Kier alpha value is -1.94. The lowest BCUT2D eigenvalue weighted by molar-refractivity contribution is -0.141. The van der Waals surface area contributed by atoms with Gasteiger partial charge in [-0.05, 0) is 18.6 Å². The van der Waals surface area contributed by atoms with E-state index < -0.39 is 0 Å². The number of nitrogens with two attached hydrogens (primary N) is 1. The van der Waals surface area contributed by atoms with Crippen molar-refractivity contribution in [3.05, 3.63) is 42.1 Å². The smallest absolute Gasteiger partial charge is 0.306 e. The first-order valence-electron chi connectivity index (χ1n) is 6.83.